The van der Waals surface area contributed by atoms with Gasteiger partial charge in [0.05, 0.1) is 12.6 Å². The zero-order chi connectivity index (χ0) is 16.9. The Morgan fingerprint density at radius 2 is 1.88 bits per heavy atom. The third-order valence-electron chi connectivity index (χ3n) is 3.59. The number of carbonyl (C=O) groups excluding carboxylic acids is 1. The van der Waals surface area contributed by atoms with Gasteiger partial charge >= 0.3 is 0 Å². The Hall–Kier alpha value is -2.66. The lowest BCUT2D eigenvalue weighted by atomic mass is 10.0. The molecule has 1 amide bonds. The largest absolute Gasteiger partial charge is 0.508 e. The van der Waals surface area contributed by atoms with E-state index in [-0.39, 0.29) is 18.1 Å². The smallest absolute Gasteiger partial charge is 0.244 e. The quantitative estimate of drug-likeness (QED) is 0.529. The van der Waals surface area contributed by atoms with E-state index >= 15 is 0 Å². The van der Waals surface area contributed by atoms with Gasteiger partial charge in [0.1, 0.15) is 5.75 Å². The number of carbonyl (C=O) groups is 1. The van der Waals surface area contributed by atoms with Crippen molar-refractivity contribution in [2.45, 2.75) is 6.42 Å². The van der Waals surface area contributed by atoms with Crippen molar-refractivity contribution in [2.24, 2.45) is 5.10 Å². The molecule has 0 saturated heterocycles. The molecule has 5 heteroatoms. The van der Waals surface area contributed by atoms with Crippen molar-refractivity contribution in [3.05, 3.63) is 76.3 Å². The van der Waals surface area contributed by atoms with Crippen molar-refractivity contribution in [3.8, 4) is 5.75 Å². The fraction of sp³-hybridized carbons (Fsp3) is 0.0526. The van der Waals surface area contributed by atoms with E-state index in [0.29, 0.717) is 5.56 Å². The Bertz CT molecular complexity index is 922. The number of fused-ring (bicyclic) bond motifs is 1. The number of phenolic OH excluding ortho intramolecular Hbond substituents is 1. The van der Waals surface area contributed by atoms with Crippen LogP contribution in [0, 0.1) is 0 Å². The molecular formula is C19H15BrN2O2. The molecule has 0 aliphatic heterocycles. The third kappa shape index (κ3) is 3.81. The number of hydrazone groups is 1. The summed E-state index contributed by atoms with van der Waals surface area (Å²) in [4.78, 5) is 12.1. The maximum atomic E-state index is 12.1. The first-order valence-electron chi connectivity index (χ1n) is 7.40. The van der Waals surface area contributed by atoms with E-state index in [2.05, 4.69) is 26.5 Å². The molecule has 0 heterocycles. The third-order valence-corrected chi connectivity index (χ3v) is 4.28. The Morgan fingerprint density at radius 1 is 1.08 bits per heavy atom. The molecule has 0 aromatic heterocycles. The molecule has 0 unspecified atom stereocenters. The molecule has 0 atom stereocenters. The molecular weight excluding hydrogens is 368 g/mol. The number of phenols is 1. The van der Waals surface area contributed by atoms with Crippen molar-refractivity contribution in [2.75, 3.05) is 0 Å². The first-order chi connectivity index (χ1) is 11.6. The number of rotatable bonds is 4. The van der Waals surface area contributed by atoms with Crippen molar-refractivity contribution < 1.29 is 9.90 Å². The summed E-state index contributed by atoms with van der Waals surface area (Å²) in [7, 11) is 0. The number of nitrogens with zero attached hydrogens (tertiary/aromatic N) is 1. The van der Waals surface area contributed by atoms with Crippen LogP contribution in [0.3, 0.4) is 0 Å². The first kappa shape index (κ1) is 16.2. The minimum Gasteiger partial charge on any atom is -0.508 e. The Balaban J connectivity index is 1.70. The second-order valence-corrected chi connectivity index (χ2v) is 6.17. The van der Waals surface area contributed by atoms with E-state index in [0.717, 1.165) is 20.8 Å². The highest BCUT2D eigenvalue weighted by Gasteiger charge is 2.08. The summed E-state index contributed by atoms with van der Waals surface area (Å²) in [5, 5.41) is 15.4. The summed E-state index contributed by atoms with van der Waals surface area (Å²) < 4.78 is 1.00. The van der Waals surface area contributed by atoms with Gasteiger partial charge in [0.25, 0.3) is 0 Å². The van der Waals surface area contributed by atoms with Gasteiger partial charge in [-0.3, -0.25) is 4.79 Å². The van der Waals surface area contributed by atoms with E-state index in [4.69, 9.17) is 0 Å². The molecule has 0 spiro atoms. The van der Waals surface area contributed by atoms with Gasteiger partial charge in [0.2, 0.25) is 5.91 Å². The van der Waals surface area contributed by atoms with E-state index in [1.165, 1.54) is 6.21 Å². The zero-order valence-corrected chi connectivity index (χ0v) is 14.3. The molecule has 0 aliphatic rings. The molecule has 120 valence electrons. The summed E-state index contributed by atoms with van der Waals surface area (Å²) in [6.07, 6.45) is 1.74. The molecule has 2 N–H and O–H groups in total. The van der Waals surface area contributed by atoms with Gasteiger partial charge in [-0.2, -0.15) is 5.10 Å². The minimum atomic E-state index is -0.195. The fourth-order valence-corrected chi connectivity index (χ4v) is 2.95. The molecule has 0 fully saturated rings. The number of hydrogen-bond donors (Lipinski definition) is 2. The van der Waals surface area contributed by atoms with Gasteiger partial charge in [0.15, 0.2) is 0 Å². The molecule has 0 aliphatic carbocycles. The number of amides is 1. The van der Waals surface area contributed by atoms with Crippen LogP contribution in [-0.4, -0.2) is 17.2 Å². The van der Waals surface area contributed by atoms with Crippen molar-refractivity contribution in [3.63, 3.8) is 0 Å². The monoisotopic (exact) mass is 382 g/mol. The summed E-state index contributed by atoms with van der Waals surface area (Å²) >= 11 is 3.53. The number of nitrogens with one attached hydrogen (secondary N) is 1. The minimum absolute atomic E-state index is 0.159. The van der Waals surface area contributed by atoms with Crippen LogP contribution in [0.1, 0.15) is 11.1 Å². The first-order valence-corrected chi connectivity index (χ1v) is 8.20. The van der Waals surface area contributed by atoms with Crippen molar-refractivity contribution >= 4 is 38.8 Å². The summed E-state index contributed by atoms with van der Waals surface area (Å²) in [6, 6.07) is 18.5. The second-order valence-electron chi connectivity index (χ2n) is 5.32. The van der Waals surface area contributed by atoms with Crippen molar-refractivity contribution in [1.82, 2.24) is 5.43 Å². The van der Waals surface area contributed by atoms with E-state index < -0.39 is 0 Å². The molecule has 3 rings (SSSR count). The average molecular weight is 383 g/mol. The van der Waals surface area contributed by atoms with E-state index in [9.17, 15) is 9.90 Å². The Morgan fingerprint density at radius 3 is 2.67 bits per heavy atom. The number of benzene rings is 3. The van der Waals surface area contributed by atoms with Crippen LogP contribution in [-0.2, 0) is 11.2 Å². The molecule has 24 heavy (non-hydrogen) atoms. The zero-order valence-electron chi connectivity index (χ0n) is 12.7. The standard InChI is InChI=1S/C19H15BrN2O2/c20-18-9-8-14(16-6-1-2-7-17(16)18)11-19(24)22-21-12-13-4-3-5-15(23)10-13/h1-10,12,23H,11H2,(H,22,24)/b21-12+. The molecule has 3 aromatic carbocycles. The summed E-state index contributed by atoms with van der Waals surface area (Å²) in [5.74, 6) is -0.0366. The predicted molar refractivity (Wildman–Crippen MR) is 99.2 cm³/mol. The van der Waals surface area contributed by atoms with Gasteiger partial charge in [-0.15, -0.1) is 0 Å². The highest BCUT2D eigenvalue weighted by molar-refractivity contribution is 9.10. The maximum absolute atomic E-state index is 12.1. The SMILES string of the molecule is O=C(Cc1ccc(Br)c2ccccc12)N/N=C/c1cccc(O)c1. The van der Waals surface area contributed by atoms with Gasteiger partial charge in [-0.1, -0.05) is 58.4 Å². The number of aromatic hydroxyl groups is 1. The van der Waals surface area contributed by atoms with Gasteiger partial charge in [-0.25, -0.2) is 5.43 Å². The van der Waals surface area contributed by atoms with Crippen LogP contribution in [0.2, 0.25) is 0 Å². The van der Waals surface area contributed by atoms with Gasteiger partial charge in [-0.05, 0) is 40.1 Å². The molecule has 0 bridgehead atoms. The summed E-state index contributed by atoms with van der Waals surface area (Å²) in [5.41, 5.74) is 4.17. The highest BCUT2D eigenvalue weighted by atomic mass is 79.9. The lowest BCUT2D eigenvalue weighted by Gasteiger charge is -2.07. The Labute approximate surface area is 148 Å². The predicted octanol–water partition coefficient (Wildman–Crippen LogP) is 4.00. The topological polar surface area (TPSA) is 61.7 Å². The van der Waals surface area contributed by atoms with E-state index in [1.807, 2.05) is 36.4 Å². The number of hydrogen-bond acceptors (Lipinski definition) is 3. The van der Waals surface area contributed by atoms with Crippen LogP contribution < -0.4 is 5.43 Å². The average Bonchev–Trinajstić information content (AvgIpc) is 2.58. The van der Waals surface area contributed by atoms with Crippen LogP contribution in [0.4, 0.5) is 0 Å². The van der Waals surface area contributed by atoms with Gasteiger partial charge in [0, 0.05) is 4.47 Å². The Kier molecular flexibility index (Phi) is 4.91. The lowest BCUT2D eigenvalue weighted by molar-refractivity contribution is -0.120. The van der Waals surface area contributed by atoms with Crippen LogP contribution in [0.5, 0.6) is 5.75 Å². The molecule has 3 aromatic rings. The number of halogens is 1. The molecule has 0 radical (unpaired) electrons. The van der Waals surface area contributed by atoms with Crippen molar-refractivity contribution in [1.29, 1.82) is 0 Å². The maximum Gasteiger partial charge on any atom is 0.244 e. The van der Waals surface area contributed by atoms with Crippen LogP contribution in [0.25, 0.3) is 10.8 Å². The van der Waals surface area contributed by atoms with Crippen LogP contribution in [0.15, 0.2) is 70.2 Å². The molecule has 0 saturated carbocycles. The van der Waals surface area contributed by atoms with Crippen LogP contribution >= 0.6 is 15.9 Å². The summed E-state index contributed by atoms with van der Waals surface area (Å²) in [6.45, 7) is 0. The highest BCUT2D eigenvalue weighted by Crippen LogP contribution is 2.27. The lowest BCUT2D eigenvalue weighted by Crippen LogP contribution is -2.19. The van der Waals surface area contributed by atoms with Gasteiger partial charge < -0.3 is 5.11 Å². The second kappa shape index (κ2) is 7.27. The molecule has 4 nitrogen and oxygen atoms in total. The fourth-order valence-electron chi connectivity index (χ4n) is 2.48. The normalized spacial score (nSPS) is 11.0. The van der Waals surface area contributed by atoms with E-state index in [1.54, 1.807) is 24.3 Å².